The highest BCUT2D eigenvalue weighted by Crippen LogP contribution is 2.36. The number of aryl methyl sites for hydroxylation is 2. The molecule has 0 saturated heterocycles. The van der Waals surface area contributed by atoms with Gasteiger partial charge in [-0.15, -0.1) is 11.3 Å². The molecule has 0 aromatic carbocycles. The average Bonchev–Trinajstić information content (AvgIpc) is 3.15. The van der Waals surface area contributed by atoms with Gasteiger partial charge in [-0.2, -0.15) is 0 Å². The molecule has 1 N–H and O–H groups in total. The Hall–Kier alpha value is -0.880. The van der Waals surface area contributed by atoms with Gasteiger partial charge in [0.2, 0.25) is 5.91 Å². The van der Waals surface area contributed by atoms with Crippen LogP contribution in [0.1, 0.15) is 55.0 Å². The van der Waals surface area contributed by atoms with Crippen molar-refractivity contribution in [2.24, 2.45) is 0 Å². The first-order valence-electron chi connectivity index (χ1n) is 7.18. The van der Waals surface area contributed by atoms with Crippen LogP contribution in [0, 0.1) is 13.8 Å². The monoisotopic (exact) mass is 329 g/mol. The number of hydrogen-bond donors (Lipinski definition) is 1. The molecule has 1 unspecified atom stereocenters. The van der Waals surface area contributed by atoms with Crippen LogP contribution in [0.25, 0.3) is 0 Å². The van der Waals surface area contributed by atoms with Gasteiger partial charge in [0.05, 0.1) is 11.3 Å². The lowest BCUT2D eigenvalue weighted by molar-refractivity contribution is -0.123. The summed E-state index contributed by atoms with van der Waals surface area (Å²) in [5.74, 6) is -0.412. The van der Waals surface area contributed by atoms with E-state index in [0.717, 1.165) is 10.4 Å². The Morgan fingerprint density at radius 1 is 1.38 bits per heavy atom. The van der Waals surface area contributed by atoms with Crippen LogP contribution >= 0.6 is 11.3 Å². The Morgan fingerprint density at radius 2 is 1.95 bits per heavy atom. The smallest absolute Gasteiger partial charge is 0.241 e. The van der Waals surface area contributed by atoms with E-state index in [9.17, 15) is 13.2 Å². The molecular formula is C15H23NO3S2. The maximum absolute atomic E-state index is 12.5. The second-order valence-electron chi connectivity index (χ2n) is 6.32. The van der Waals surface area contributed by atoms with E-state index in [4.69, 9.17) is 0 Å². The number of rotatable bonds is 5. The van der Waals surface area contributed by atoms with E-state index in [1.807, 2.05) is 26.8 Å². The first kappa shape index (κ1) is 16.5. The fourth-order valence-corrected chi connectivity index (χ4v) is 5.38. The van der Waals surface area contributed by atoms with Crippen molar-refractivity contribution >= 4 is 27.1 Å². The van der Waals surface area contributed by atoms with Crippen LogP contribution < -0.4 is 5.32 Å². The Morgan fingerprint density at radius 3 is 2.38 bits per heavy atom. The number of nitrogens with one attached hydrogen (secondary N) is 1. The number of thiophene rings is 1. The van der Waals surface area contributed by atoms with Gasteiger partial charge in [0.1, 0.15) is 4.75 Å². The Bertz CT molecular complexity index is 654. The van der Waals surface area contributed by atoms with Crippen LogP contribution in [0.15, 0.2) is 6.07 Å². The molecule has 0 aliphatic heterocycles. The van der Waals surface area contributed by atoms with Crippen molar-refractivity contribution in [2.45, 2.75) is 63.5 Å². The molecule has 0 bridgehead atoms. The Balaban J connectivity index is 2.15. The van der Waals surface area contributed by atoms with Crippen LogP contribution in [-0.4, -0.2) is 24.3 Å². The molecule has 2 rings (SSSR count). The highest BCUT2D eigenvalue weighted by Gasteiger charge is 2.50. The van der Waals surface area contributed by atoms with Gasteiger partial charge in [-0.3, -0.25) is 4.79 Å². The lowest BCUT2D eigenvalue weighted by atomic mass is 10.1. The molecule has 1 aliphatic rings. The van der Waals surface area contributed by atoms with E-state index in [1.54, 1.807) is 11.3 Å². The number of carbonyl (C=O) groups is 1. The zero-order valence-electron chi connectivity index (χ0n) is 13.2. The number of sulfone groups is 1. The summed E-state index contributed by atoms with van der Waals surface area (Å²) < 4.78 is 23.4. The summed E-state index contributed by atoms with van der Waals surface area (Å²) in [5, 5.41) is 2.53. The van der Waals surface area contributed by atoms with Crippen molar-refractivity contribution in [3.8, 4) is 0 Å². The minimum atomic E-state index is -3.41. The van der Waals surface area contributed by atoms with Gasteiger partial charge in [0, 0.05) is 9.75 Å². The summed E-state index contributed by atoms with van der Waals surface area (Å²) in [7, 11) is -3.41. The standard InChI is InChI=1S/C15H23NO3S2/c1-9-8-13(11(3)20-9)10(2)16-14(17)15(4,5)21(18,19)12-6-7-12/h8,10,12H,6-7H2,1-5H3,(H,16,17). The fourth-order valence-electron chi connectivity index (χ4n) is 2.45. The normalized spacial score (nSPS) is 17.6. The number of amides is 1. The van der Waals surface area contributed by atoms with Crippen LogP contribution in [-0.2, 0) is 14.6 Å². The zero-order chi connectivity index (χ0) is 16.0. The molecule has 0 radical (unpaired) electrons. The van der Waals surface area contributed by atoms with E-state index in [-0.39, 0.29) is 11.3 Å². The minimum Gasteiger partial charge on any atom is -0.348 e. The summed E-state index contributed by atoms with van der Waals surface area (Å²) in [6.45, 7) is 8.95. The summed E-state index contributed by atoms with van der Waals surface area (Å²) in [6.07, 6.45) is 1.36. The molecule has 1 atom stereocenters. The second-order valence-corrected chi connectivity index (χ2v) is 10.6. The number of carbonyl (C=O) groups excluding carboxylic acids is 1. The van der Waals surface area contributed by atoms with Crippen molar-refractivity contribution in [1.82, 2.24) is 5.32 Å². The molecule has 118 valence electrons. The SMILES string of the molecule is Cc1cc(C(C)NC(=O)C(C)(C)S(=O)(=O)C2CC2)c(C)s1. The van der Waals surface area contributed by atoms with Gasteiger partial charge in [0.15, 0.2) is 9.84 Å². The van der Waals surface area contributed by atoms with E-state index >= 15 is 0 Å². The average molecular weight is 329 g/mol. The van der Waals surface area contributed by atoms with Crippen LogP contribution in [0.4, 0.5) is 0 Å². The van der Waals surface area contributed by atoms with E-state index in [2.05, 4.69) is 5.32 Å². The molecule has 1 aromatic rings. The maximum atomic E-state index is 12.5. The molecule has 0 spiro atoms. The predicted molar refractivity (Wildman–Crippen MR) is 86.4 cm³/mol. The van der Waals surface area contributed by atoms with Gasteiger partial charge in [0.25, 0.3) is 0 Å². The molecule has 21 heavy (non-hydrogen) atoms. The van der Waals surface area contributed by atoms with Crippen molar-refractivity contribution < 1.29 is 13.2 Å². The van der Waals surface area contributed by atoms with Gasteiger partial charge >= 0.3 is 0 Å². The quantitative estimate of drug-likeness (QED) is 0.903. The number of hydrogen-bond acceptors (Lipinski definition) is 4. The van der Waals surface area contributed by atoms with Crippen LogP contribution in [0.5, 0.6) is 0 Å². The highest BCUT2D eigenvalue weighted by atomic mass is 32.2. The summed E-state index contributed by atoms with van der Waals surface area (Å²) in [4.78, 5) is 14.8. The predicted octanol–water partition coefficient (Wildman–Crippen LogP) is 2.90. The molecule has 1 heterocycles. The largest absolute Gasteiger partial charge is 0.348 e. The van der Waals surface area contributed by atoms with Crippen molar-refractivity contribution in [3.63, 3.8) is 0 Å². The molecular weight excluding hydrogens is 306 g/mol. The molecule has 1 aromatic heterocycles. The topological polar surface area (TPSA) is 63.2 Å². The van der Waals surface area contributed by atoms with Crippen LogP contribution in [0.2, 0.25) is 0 Å². The van der Waals surface area contributed by atoms with Gasteiger partial charge in [-0.1, -0.05) is 0 Å². The van der Waals surface area contributed by atoms with E-state index in [0.29, 0.717) is 12.8 Å². The third-order valence-electron chi connectivity index (χ3n) is 4.11. The second kappa shape index (κ2) is 5.39. The van der Waals surface area contributed by atoms with E-state index in [1.165, 1.54) is 18.7 Å². The maximum Gasteiger partial charge on any atom is 0.241 e. The van der Waals surface area contributed by atoms with Crippen molar-refractivity contribution in [1.29, 1.82) is 0 Å². The molecule has 6 heteroatoms. The lowest BCUT2D eigenvalue weighted by Crippen LogP contribution is -2.49. The summed E-state index contributed by atoms with van der Waals surface area (Å²) in [6, 6.07) is 1.86. The van der Waals surface area contributed by atoms with E-state index < -0.39 is 20.5 Å². The van der Waals surface area contributed by atoms with Gasteiger partial charge in [-0.25, -0.2) is 8.42 Å². The molecule has 1 amide bonds. The van der Waals surface area contributed by atoms with Gasteiger partial charge in [-0.05, 0) is 59.1 Å². The van der Waals surface area contributed by atoms with Crippen molar-refractivity contribution in [2.75, 3.05) is 0 Å². The molecule has 1 saturated carbocycles. The highest BCUT2D eigenvalue weighted by molar-refractivity contribution is 7.94. The fraction of sp³-hybridized carbons (Fsp3) is 0.667. The Labute approximate surface area is 130 Å². The third-order valence-corrected chi connectivity index (χ3v) is 8.05. The molecule has 1 aliphatic carbocycles. The Kier molecular flexibility index (Phi) is 4.23. The minimum absolute atomic E-state index is 0.184. The molecule has 4 nitrogen and oxygen atoms in total. The van der Waals surface area contributed by atoms with Crippen molar-refractivity contribution in [3.05, 3.63) is 21.4 Å². The summed E-state index contributed by atoms with van der Waals surface area (Å²) >= 11 is 1.68. The lowest BCUT2D eigenvalue weighted by Gasteiger charge is -2.26. The molecule has 1 fully saturated rings. The van der Waals surface area contributed by atoms with Crippen LogP contribution in [0.3, 0.4) is 0 Å². The first-order valence-corrected chi connectivity index (χ1v) is 9.55. The zero-order valence-corrected chi connectivity index (χ0v) is 14.8. The third kappa shape index (κ3) is 3.01. The first-order chi connectivity index (χ1) is 9.57. The summed E-state index contributed by atoms with van der Waals surface area (Å²) in [5.41, 5.74) is 1.06. The van der Waals surface area contributed by atoms with Gasteiger partial charge < -0.3 is 5.32 Å².